The number of anilines is 1. The first kappa shape index (κ1) is 15.7. The Labute approximate surface area is 127 Å². The van der Waals surface area contributed by atoms with E-state index in [0.717, 1.165) is 10.6 Å². The van der Waals surface area contributed by atoms with Gasteiger partial charge in [-0.05, 0) is 20.8 Å². The fourth-order valence-corrected chi connectivity index (χ4v) is 2.97. The van der Waals surface area contributed by atoms with E-state index in [0.29, 0.717) is 31.3 Å². The molecule has 116 valence electrons. The number of aryl methyl sites for hydroxylation is 2. The van der Waals surface area contributed by atoms with Crippen LogP contribution in [0.15, 0.2) is 0 Å². The number of piperazine rings is 1. The van der Waals surface area contributed by atoms with Crippen molar-refractivity contribution < 1.29 is 14.7 Å². The summed E-state index contributed by atoms with van der Waals surface area (Å²) in [5.41, 5.74) is 0.926. The molecule has 1 atom stereocenters. The number of aliphatic carboxylic acids is 1. The number of nitrogens with one attached hydrogen (secondary N) is 1. The van der Waals surface area contributed by atoms with E-state index >= 15 is 0 Å². The molecule has 1 aromatic rings. The number of rotatable bonds is 3. The van der Waals surface area contributed by atoms with Crippen LogP contribution in [0.4, 0.5) is 9.93 Å². The third-order valence-electron chi connectivity index (χ3n) is 3.75. The number of carboxylic acids is 1. The van der Waals surface area contributed by atoms with Crippen LogP contribution >= 0.6 is 11.3 Å². The van der Waals surface area contributed by atoms with Crippen LogP contribution in [0.3, 0.4) is 0 Å². The van der Waals surface area contributed by atoms with Crippen LogP contribution in [0.2, 0.25) is 0 Å². The number of nitrogens with zero attached hydrogens (tertiary/aromatic N) is 3. The van der Waals surface area contributed by atoms with Gasteiger partial charge in [0.05, 0.1) is 5.69 Å². The van der Waals surface area contributed by atoms with E-state index in [2.05, 4.69) is 10.3 Å². The summed E-state index contributed by atoms with van der Waals surface area (Å²) in [5, 5.41) is 12.4. The second-order valence-electron chi connectivity index (χ2n) is 5.13. The van der Waals surface area contributed by atoms with Crippen LogP contribution < -0.4 is 5.32 Å². The minimum absolute atomic E-state index is 0.175. The van der Waals surface area contributed by atoms with Gasteiger partial charge in [0.25, 0.3) is 0 Å². The van der Waals surface area contributed by atoms with Gasteiger partial charge in [0.15, 0.2) is 5.13 Å². The molecule has 21 heavy (non-hydrogen) atoms. The number of thiazole rings is 1. The first-order valence-corrected chi connectivity index (χ1v) is 7.67. The summed E-state index contributed by atoms with van der Waals surface area (Å²) in [7, 11) is 0. The topological polar surface area (TPSA) is 85.8 Å². The number of amides is 2. The number of carbonyl (C=O) groups is 2. The van der Waals surface area contributed by atoms with Crippen molar-refractivity contribution in [1.82, 2.24) is 14.8 Å². The SMILES string of the molecule is Cc1nc(NC(=O)N2CCN(C(C)C(=O)O)CC2)sc1C. The van der Waals surface area contributed by atoms with Crippen LogP contribution in [0.5, 0.6) is 0 Å². The van der Waals surface area contributed by atoms with Crippen LogP contribution in [-0.2, 0) is 4.79 Å². The number of aromatic nitrogens is 1. The number of urea groups is 1. The van der Waals surface area contributed by atoms with E-state index in [1.54, 1.807) is 11.8 Å². The highest BCUT2D eigenvalue weighted by Gasteiger charge is 2.27. The van der Waals surface area contributed by atoms with Crippen molar-refractivity contribution in [3.63, 3.8) is 0 Å². The molecule has 1 aliphatic heterocycles. The molecule has 0 aromatic carbocycles. The summed E-state index contributed by atoms with van der Waals surface area (Å²) < 4.78 is 0. The molecule has 1 fully saturated rings. The molecule has 1 aliphatic rings. The lowest BCUT2D eigenvalue weighted by Crippen LogP contribution is -2.53. The zero-order chi connectivity index (χ0) is 15.6. The molecule has 2 heterocycles. The molecular weight excluding hydrogens is 292 g/mol. The quantitative estimate of drug-likeness (QED) is 0.881. The van der Waals surface area contributed by atoms with Gasteiger partial charge in [-0.3, -0.25) is 15.0 Å². The van der Waals surface area contributed by atoms with E-state index < -0.39 is 12.0 Å². The Hall–Kier alpha value is -1.67. The van der Waals surface area contributed by atoms with Crippen LogP contribution in [-0.4, -0.2) is 64.1 Å². The molecule has 2 rings (SSSR count). The summed E-state index contributed by atoms with van der Waals surface area (Å²) in [4.78, 5) is 32.0. The fourth-order valence-electron chi connectivity index (χ4n) is 2.17. The fraction of sp³-hybridized carbons (Fsp3) is 0.615. The highest BCUT2D eigenvalue weighted by atomic mass is 32.1. The average molecular weight is 312 g/mol. The third-order valence-corrected chi connectivity index (χ3v) is 4.74. The molecule has 1 saturated heterocycles. The molecule has 0 radical (unpaired) electrons. The molecule has 1 unspecified atom stereocenters. The molecule has 0 aliphatic carbocycles. The molecule has 2 amide bonds. The number of hydrogen-bond donors (Lipinski definition) is 2. The lowest BCUT2D eigenvalue weighted by molar-refractivity contribution is -0.143. The highest BCUT2D eigenvalue weighted by molar-refractivity contribution is 7.15. The molecule has 7 nitrogen and oxygen atoms in total. The molecule has 1 aromatic heterocycles. The van der Waals surface area contributed by atoms with Crippen molar-refractivity contribution in [2.45, 2.75) is 26.8 Å². The van der Waals surface area contributed by atoms with Crippen molar-refractivity contribution in [2.75, 3.05) is 31.5 Å². The standard InChI is InChI=1S/C13H20N4O3S/c1-8-10(3)21-12(14-8)15-13(20)17-6-4-16(5-7-17)9(2)11(18)19/h9H,4-7H2,1-3H3,(H,18,19)(H,14,15,20). The van der Waals surface area contributed by atoms with Crippen LogP contribution in [0.1, 0.15) is 17.5 Å². The van der Waals surface area contributed by atoms with Crippen molar-refractivity contribution in [3.8, 4) is 0 Å². The van der Waals surface area contributed by atoms with Crippen LogP contribution in [0, 0.1) is 13.8 Å². The van der Waals surface area contributed by atoms with Gasteiger partial charge in [0.2, 0.25) is 0 Å². The summed E-state index contributed by atoms with van der Waals surface area (Å²) in [6, 6.07) is -0.689. The smallest absolute Gasteiger partial charge is 0.323 e. The van der Waals surface area contributed by atoms with Crippen molar-refractivity contribution in [2.24, 2.45) is 0 Å². The third kappa shape index (κ3) is 3.70. The molecule has 8 heteroatoms. The normalized spacial score (nSPS) is 17.6. The van der Waals surface area contributed by atoms with Gasteiger partial charge in [-0.15, -0.1) is 11.3 Å². The van der Waals surface area contributed by atoms with Gasteiger partial charge >= 0.3 is 12.0 Å². The second kappa shape index (κ2) is 6.40. The van der Waals surface area contributed by atoms with E-state index in [1.807, 2.05) is 18.7 Å². The largest absolute Gasteiger partial charge is 0.480 e. The Morgan fingerprint density at radius 1 is 1.29 bits per heavy atom. The van der Waals surface area contributed by atoms with E-state index in [9.17, 15) is 9.59 Å². The number of hydrogen-bond acceptors (Lipinski definition) is 5. The molecule has 0 spiro atoms. The van der Waals surface area contributed by atoms with Gasteiger partial charge in [0.1, 0.15) is 6.04 Å². The molecular formula is C13H20N4O3S. The highest BCUT2D eigenvalue weighted by Crippen LogP contribution is 2.21. The second-order valence-corrected chi connectivity index (χ2v) is 6.33. The Morgan fingerprint density at radius 2 is 1.90 bits per heavy atom. The Balaban J connectivity index is 1.87. The molecule has 0 saturated carbocycles. The van der Waals surface area contributed by atoms with E-state index in [1.165, 1.54) is 11.3 Å². The summed E-state index contributed by atoms with van der Waals surface area (Å²) >= 11 is 1.46. The van der Waals surface area contributed by atoms with Crippen molar-refractivity contribution in [1.29, 1.82) is 0 Å². The van der Waals surface area contributed by atoms with Gasteiger partial charge < -0.3 is 10.0 Å². The lowest BCUT2D eigenvalue weighted by atomic mass is 10.2. The average Bonchev–Trinajstić information content (AvgIpc) is 2.76. The molecule has 0 bridgehead atoms. The lowest BCUT2D eigenvalue weighted by Gasteiger charge is -2.36. The van der Waals surface area contributed by atoms with E-state index in [-0.39, 0.29) is 6.03 Å². The first-order valence-electron chi connectivity index (χ1n) is 6.85. The number of carboxylic acid groups (broad SMARTS) is 1. The maximum atomic E-state index is 12.1. The van der Waals surface area contributed by atoms with Crippen molar-refractivity contribution >= 4 is 28.5 Å². The van der Waals surface area contributed by atoms with E-state index in [4.69, 9.17) is 5.11 Å². The Morgan fingerprint density at radius 3 is 2.38 bits per heavy atom. The van der Waals surface area contributed by atoms with Gasteiger partial charge in [-0.1, -0.05) is 0 Å². The zero-order valence-corrected chi connectivity index (χ0v) is 13.2. The van der Waals surface area contributed by atoms with Crippen molar-refractivity contribution in [3.05, 3.63) is 10.6 Å². The number of carbonyl (C=O) groups excluding carboxylic acids is 1. The predicted octanol–water partition coefficient (Wildman–Crippen LogP) is 1.38. The summed E-state index contributed by atoms with van der Waals surface area (Å²) in [5.74, 6) is -0.832. The van der Waals surface area contributed by atoms with Crippen LogP contribution in [0.25, 0.3) is 0 Å². The van der Waals surface area contributed by atoms with Gasteiger partial charge in [-0.25, -0.2) is 9.78 Å². The Bertz CT molecular complexity index is 518. The molecule has 2 N–H and O–H groups in total. The minimum Gasteiger partial charge on any atom is -0.480 e. The monoisotopic (exact) mass is 312 g/mol. The Kier molecular flexibility index (Phi) is 4.79. The first-order chi connectivity index (χ1) is 9.88. The van der Waals surface area contributed by atoms with Gasteiger partial charge in [-0.2, -0.15) is 0 Å². The zero-order valence-electron chi connectivity index (χ0n) is 12.4. The predicted molar refractivity (Wildman–Crippen MR) is 80.9 cm³/mol. The summed E-state index contributed by atoms with van der Waals surface area (Å²) in [6.45, 7) is 7.72. The summed E-state index contributed by atoms with van der Waals surface area (Å²) in [6.07, 6.45) is 0. The maximum absolute atomic E-state index is 12.1. The minimum atomic E-state index is -0.832. The van der Waals surface area contributed by atoms with Gasteiger partial charge in [0, 0.05) is 31.1 Å². The maximum Gasteiger partial charge on any atom is 0.323 e.